The van der Waals surface area contributed by atoms with Crippen LogP contribution in [0.25, 0.3) is 76.5 Å². The number of fused-ring (bicyclic) bond motifs is 8. The molecule has 2 heteroatoms. The Morgan fingerprint density at radius 2 is 0.940 bits per heavy atom. The predicted octanol–water partition coefficient (Wildman–Crippen LogP) is 13.8. The third-order valence-corrected chi connectivity index (χ3v) is 10.0. The Labute approximate surface area is 290 Å². The van der Waals surface area contributed by atoms with Gasteiger partial charge in [0.15, 0.2) is 0 Å². The number of rotatable bonds is 5. The second-order valence-electron chi connectivity index (χ2n) is 12.9. The molecule has 50 heavy (non-hydrogen) atoms. The van der Waals surface area contributed by atoms with Crippen molar-refractivity contribution < 1.29 is 4.42 Å². The average Bonchev–Trinajstić information content (AvgIpc) is 3.57. The lowest BCUT2D eigenvalue weighted by molar-refractivity contribution is 0.673. The standard InChI is InChI=1S/C48H31NO/c1-3-13-33(14-4-1)44-31-45-42-28-25-34(30-47(42)50-48(45)43-22-12-10-20-40(43)44)32-23-26-37(27-24-32)49(36-16-5-2-6-17-36)46-29-35-15-7-8-18-38(35)39-19-9-11-21-41(39)46/h1-31H. The molecule has 10 aromatic rings. The van der Waals surface area contributed by atoms with Crippen LogP contribution < -0.4 is 4.90 Å². The molecule has 0 radical (unpaired) electrons. The van der Waals surface area contributed by atoms with Crippen molar-refractivity contribution in [3.8, 4) is 22.3 Å². The Morgan fingerprint density at radius 1 is 0.340 bits per heavy atom. The van der Waals surface area contributed by atoms with E-state index in [1.807, 2.05) is 0 Å². The summed E-state index contributed by atoms with van der Waals surface area (Å²) in [7, 11) is 0. The molecule has 0 amide bonds. The summed E-state index contributed by atoms with van der Waals surface area (Å²) in [5.41, 5.74) is 9.89. The summed E-state index contributed by atoms with van der Waals surface area (Å²) in [4.78, 5) is 2.37. The van der Waals surface area contributed by atoms with Crippen molar-refractivity contribution in [1.82, 2.24) is 0 Å². The zero-order chi connectivity index (χ0) is 33.0. The molecule has 0 saturated heterocycles. The molecule has 0 bridgehead atoms. The van der Waals surface area contributed by atoms with Gasteiger partial charge in [0.25, 0.3) is 0 Å². The van der Waals surface area contributed by atoms with Gasteiger partial charge in [0.2, 0.25) is 0 Å². The maximum atomic E-state index is 6.66. The summed E-state index contributed by atoms with van der Waals surface area (Å²) in [5.74, 6) is 0. The Bertz CT molecular complexity index is 2850. The Kier molecular flexibility index (Phi) is 6.53. The van der Waals surface area contributed by atoms with Gasteiger partial charge in [0, 0.05) is 32.9 Å². The van der Waals surface area contributed by atoms with Crippen molar-refractivity contribution in [1.29, 1.82) is 0 Å². The van der Waals surface area contributed by atoms with Crippen LogP contribution in [0.3, 0.4) is 0 Å². The van der Waals surface area contributed by atoms with E-state index in [9.17, 15) is 0 Å². The predicted molar refractivity (Wildman–Crippen MR) is 212 cm³/mol. The fourth-order valence-corrected chi connectivity index (χ4v) is 7.66. The average molecular weight is 638 g/mol. The number of para-hydroxylation sites is 1. The number of benzene rings is 9. The molecule has 0 unspecified atom stereocenters. The summed E-state index contributed by atoms with van der Waals surface area (Å²) >= 11 is 0. The van der Waals surface area contributed by atoms with Crippen LogP contribution in [-0.4, -0.2) is 0 Å². The first kappa shape index (κ1) is 28.4. The van der Waals surface area contributed by atoms with Gasteiger partial charge in [-0.2, -0.15) is 0 Å². The van der Waals surface area contributed by atoms with E-state index in [2.05, 4.69) is 193 Å². The van der Waals surface area contributed by atoms with Gasteiger partial charge >= 0.3 is 0 Å². The van der Waals surface area contributed by atoms with E-state index >= 15 is 0 Å². The number of furan rings is 1. The summed E-state index contributed by atoms with van der Waals surface area (Å²) < 4.78 is 6.66. The summed E-state index contributed by atoms with van der Waals surface area (Å²) in [6.07, 6.45) is 0. The molecule has 0 aliphatic heterocycles. The number of nitrogens with zero attached hydrogens (tertiary/aromatic N) is 1. The lowest BCUT2D eigenvalue weighted by Crippen LogP contribution is -2.10. The van der Waals surface area contributed by atoms with Gasteiger partial charge in [-0.15, -0.1) is 0 Å². The van der Waals surface area contributed by atoms with Crippen LogP contribution in [0.4, 0.5) is 17.1 Å². The molecule has 1 aromatic heterocycles. The van der Waals surface area contributed by atoms with E-state index in [1.165, 1.54) is 38.1 Å². The smallest absolute Gasteiger partial charge is 0.143 e. The Morgan fingerprint density at radius 3 is 1.72 bits per heavy atom. The fourth-order valence-electron chi connectivity index (χ4n) is 7.66. The molecule has 10 rings (SSSR count). The summed E-state index contributed by atoms with van der Waals surface area (Å²) in [6, 6.07) is 67.3. The van der Waals surface area contributed by atoms with Crippen molar-refractivity contribution in [2.45, 2.75) is 0 Å². The van der Waals surface area contributed by atoms with Gasteiger partial charge in [-0.3, -0.25) is 0 Å². The van der Waals surface area contributed by atoms with E-state index < -0.39 is 0 Å². The van der Waals surface area contributed by atoms with E-state index in [0.717, 1.165) is 55.5 Å². The normalized spacial score (nSPS) is 11.6. The SMILES string of the molecule is c1ccc(-c2cc3c4ccc(-c5ccc(N(c6ccccc6)c6cc7ccccc7c7ccccc67)cc5)cc4oc3c3ccccc23)cc1. The molecule has 9 aromatic carbocycles. The fraction of sp³-hybridized carbons (Fsp3) is 0. The number of hydrogen-bond donors (Lipinski definition) is 0. The first-order valence-corrected chi connectivity index (χ1v) is 17.1. The molecule has 0 N–H and O–H groups in total. The molecule has 234 valence electrons. The highest BCUT2D eigenvalue weighted by Gasteiger charge is 2.18. The van der Waals surface area contributed by atoms with E-state index in [0.29, 0.717) is 0 Å². The van der Waals surface area contributed by atoms with E-state index in [4.69, 9.17) is 4.42 Å². The largest absolute Gasteiger partial charge is 0.455 e. The summed E-state index contributed by atoms with van der Waals surface area (Å²) in [6.45, 7) is 0. The quantitative estimate of drug-likeness (QED) is 0.175. The highest BCUT2D eigenvalue weighted by atomic mass is 16.3. The molecular formula is C48H31NO. The zero-order valence-corrected chi connectivity index (χ0v) is 27.3. The molecule has 1 heterocycles. The first-order chi connectivity index (χ1) is 24.8. The Hall–Kier alpha value is -6.64. The minimum absolute atomic E-state index is 0.894. The Balaban J connectivity index is 1.09. The van der Waals surface area contributed by atoms with Crippen molar-refractivity contribution in [2.75, 3.05) is 4.90 Å². The minimum atomic E-state index is 0.894. The second-order valence-corrected chi connectivity index (χ2v) is 12.9. The number of hydrogen-bond acceptors (Lipinski definition) is 2. The van der Waals surface area contributed by atoms with Crippen LogP contribution in [0.2, 0.25) is 0 Å². The van der Waals surface area contributed by atoms with Crippen molar-refractivity contribution in [3.05, 3.63) is 188 Å². The van der Waals surface area contributed by atoms with E-state index in [-0.39, 0.29) is 0 Å². The molecule has 0 aliphatic rings. The molecular weight excluding hydrogens is 607 g/mol. The van der Waals surface area contributed by atoms with E-state index in [1.54, 1.807) is 0 Å². The maximum Gasteiger partial charge on any atom is 0.143 e. The van der Waals surface area contributed by atoms with Crippen LogP contribution in [0.5, 0.6) is 0 Å². The lowest BCUT2D eigenvalue weighted by Gasteiger charge is -2.27. The van der Waals surface area contributed by atoms with Gasteiger partial charge in [-0.05, 0) is 92.3 Å². The summed E-state index contributed by atoms with van der Waals surface area (Å²) in [5, 5.41) is 9.55. The van der Waals surface area contributed by atoms with Gasteiger partial charge < -0.3 is 9.32 Å². The molecule has 0 saturated carbocycles. The van der Waals surface area contributed by atoms with Crippen LogP contribution in [0.15, 0.2) is 192 Å². The monoisotopic (exact) mass is 637 g/mol. The topological polar surface area (TPSA) is 16.4 Å². The zero-order valence-electron chi connectivity index (χ0n) is 27.3. The minimum Gasteiger partial charge on any atom is -0.455 e. The molecule has 0 aliphatic carbocycles. The van der Waals surface area contributed by atoms with Crippen molar-refractivity contribution >= 4 is 71.3 Å². The second kappa shape index (κ2) is 11.5. The maximum absolute atomic E-state index is 6.66. The highest BCUT2D eigenvalue weighted by molar-refractivity contribution is 6.19. The van der Waals surface area contributed by atoms with Crippen LogP contribution in [-0.2, 0) is 0 Å². The van der Waals surface area contributed by atoms with Gasteiger partial charge in [0.05, 0.1) is 5.69 Å². The lowest BCUT2D eigenvalue weighted by atomic mass is 9.95. The molecule has 0 spiro atoms. The van der Waals surface area contributed by atoms with Crippen molar-refractivity contribution in [2.24, 2.45) is 0 Å². The molecule has 2 nitrogen and oxygen atoms in total. The van der Waals surface area contributed by atoms with Crippen LogP contribution in [0.1, 0.15) is 0 Å². The molecule has 0 atom stereocenters. The third-order valence-electron chi connectivity index (χ3n) is 10.0. The third kappa shape index (κ3) is 4.57. The first-order valence-electron chi connectivity index (χ1n) is 17.1. The van der Waals surface area contributed by atoms with Crippen LogP contribution >= 0.6 is 0 Å². The van der Waals surface area contributed by atoms with Gasteiger partial charge in [-0.1, -0.05) is 140 Å². The van der Waals surface area contributed by atoms with Crippen LogP contribution in [0, 0.1) is 0 Å². The van der Waals surface area contributed by atoms with Gasteiger partial charge in [0.1, 0.15) is 11.2 Å². The molecule has 0 fully saturated rings. The van der Waals surface area contributed by atoms with Gasteiger partial charge in [-0.25, -0.2) is 0 Å². The van der Waals surface area contributed by atoms with Crippen molar-refractivity contribution in [3.63, 3.8) is 0 Å². The highest BCUT2D eigenvalue weighted by Crippen LogP contribution is 2.43. The number of anilines is 3.